The van der Waals surface area contributed by atoms with Gasteiger partial charge >= 0.3 is 5.97 Å². The number of ether oxygens (including phenoxy) is 1. The number of carbonyl (C=O) groups is 3. The van der Waals surface area contributed by atoms with E-state index in [9.17, 15) is 18.8 Å². The molecule has 0 aliphatic rings. The van der Waals surface area contributed by atoms with Gasteiger partial charge in [0, 0.05) is 22.2 Å². The van der Waals surface area contributed by atoms with Crippen LogP contribution in [0.1, 0.15) is 40.3 Å². The zero-order chi connectivity index (χ0) is 21.8. The summed E-state index contributed by atoms with van der Waals surface area (Å²) in [6.07, 6.45) is 0. The quantitative estimate of drug-likeness (QED) is 0.458. The fourth-order valence-corrected chi connectivity index (χ4v) is 3.30. The van der Waals surface area contributed by atoms with E-state index in [1.165, 1.54) is 24.3 Å². The van der Waals surface area contributed by atoms with Crippen LogP contribution in [0.15, 0.2) is 48.5 Å². The number of Topliss-reactive ketones (excluding diaryl/α,β-unsaturated/α-hetero) is 1. The number of esters is 1. The number of rotatable bonds is 7. The van der Waals surface area contributed by atoms with Gasteiger partial charge < -0.3 is 15.0 Å². The summed E-state index contributed by atoms with van der Waals surface area (Å²) in [6.45, 7) is 4.76. The minimum Gasteiger partial charge on any atom is -0.456 e. The van der Waals surface area contributed by atoms with Crippen molar-refractivity contribution in [3.63, 3.8) is 0 Å². The lowest BCUT2D eigenvalue weighted by molar-refractivity contribution is -0.145. The Kier molecular flexibility index (Phi) is 6.30. The Morgan fingerprint density at radius 3 is 2.43 bits per heavy atom. The number of halogens is 1. The molecule has 30 heavy (non-hydrogen) atoms. The molecule has 0 fully saturated rings. The first kappa shape index (κ1) is 21.2. The van der Waals surface area contributed by atoms with Gasteiger partial charge in [0.05, 0.1) is 5.56 Å². The molecule has 0 spiro atoms. The van der Waals surface area contributed by atoms with Crippen molar-refractivity contribution in [1.82, 2.24) is 10.3 Å². The molecule has 156 valence electrons. The number of aryl methyl sites for hydroxylation is 1. The van der Waals surface area contributed by atoms with E-state index in [0.717, 1.165) is 10.9 Å². The van der Waals surface area contributed by atoms with Crippen molar-refractivity contribution >= 4 is 28.6 Å². The van der Waals surface area contributed by atoms with Crippen LogP contribution >= 0.6 is 0 Å². The SMILES string of the molecule is Cc1[nH]c2ccccc2c1C(=O)COC(=O)C(NC(=O)c1ccccc1F)C(C)C. The molecule has 1 atom stereocenters. The Morgan fingerprint density at radius 1 is 1.07 bits per heavy atom. The molecule has 1 unspecified atom stereocenters. The first-order valence-corrected chi connectivity index (χ1v) is 9.62. The van der Waals surface area contributed by atoms with E-state index >= 15 is 0 Å². The smallest absolute Gasteiger partial charge is 0.329 e. The van der Waals surface area contributed by atoms with Gasteiger partial charge in [-0.2, -0.15) is 0 Å². The van der Waals surface area contributed by atoms with Crippen molar-refractivity contribution in [2.75, 3.05) is 6.61 Å². The number of hydrogen-bond acceptors (Lipinski definition) is 4. The molecule has 0 aliphatic carbocycles. The fourth-order valence-electron chi connectivity index (χ4n) is 3.30. The van der Waals surface area contributed by atoms with Crippen molar-refractivity contribution in [3.05, 3.63) is 71.2 Å². The van der Waals surface area contributed by atoms with Gasteiger partial charge in [-0.05, 0) is 31.0 Å². The zero-order valence-corrected chi connectivity index (χ0v) is 17.0. The van der Waals surface area contributed by atoms with Crippen LogP contribution in [-0.2, 0) is 9.53 Å². The highest BCUT2D eigenvalue weighted by molar-refractivity contribution is 6.10. The van der Waals surface area contributed by atoms with E-state index in [1.54, 1.807) is 20.8 Å². The second kappa shape index (κ2) is 8.90. The molecule has 0 aliphatic heterocycles. The second-order valence-electron chi connectivity index (χ2n) is 7.38. The molecule has 1 amide bonds. The normalized spacial score (nSPS) is 12.0. The van der Waals surface area contributed by atoms with Gasteiger partial charge in [-0.15, -0.1) is 0 Å². The van der Waals surface area contributed by atoms with Gasteiger partial charge in [-0.25, -0.2) is 9.18 Å². The van der Waals surface area contributed by atoms with Crippen LogP contribution in [-0.4, -0.2) is 35.3 Å². The molecule has 6 nitrogen and oxygen atoms in total. The third-order valence-electron chi connectivity index (χ3n) is 4.84. The first-order valence-electron chi connectivity index (χ1n) is 9.62. The Balaban J connectivity index is 1.69. The summed E-state index contributed by atoms with van der Waals surface area (Å²) in [5.74, 6) is -2.82. The lowest BCUT2D eigenvalue weighted by atomic mass is 10.0. The number of fused-ring (bicyclic) bond motifs is 1. The number of aromatic amines is 1. The Hall–Kier alpha value is -3.48. The highest BCUT2D eigenvalue weighted by atomic mass is 19.1. The largest absolute Gasteiger partial charge is 0.456 e. The lowest BCUT2D eigenvalue weighted by Gasteiger charge is -2.21. The molecule has 0 saturated carbocycles. The van der Waals surface area contributed by atoms with Gasteiger partial charge in [0.25, 0.3) is 5.91 Å². The van der Waals surface area contributed by atoms with Crippen molar-refractivity contribution in [1.29, 1.82) is 0 Å². The molecule has 1 aromatic heterocycles. The summed E-state index contributed by atoms with van der Waals surface area (Å²) in [7, 11) is 0. The molecule has 0 saturated heterocycles. The van der Waals surface area contributed by atoms with Gasteiger partial charge in [0.1, 0.15) is 11.9 Å². The zero-order valence-electron chi connectivity index (χ0n) is 17.0. The van der Waals surface area contributed by atoms with Gasteiger partial charge in [-0.3, -0.25) is 9.59 Å². The summed E-state index contributed by atoms with van der Waals surface area (Å²) < 4.78 is 19.1. The van der Waals surface area contributed by atoms with Crippen molar-refractivity contribution in [2.45, 2.75) is 26.8 Å². The minimum atomic E-state index is -1.02. The minimum absolute atomic E-state index is 0.165. The van der Waals surface area contributed by atoms with Crippen LogP contribution in [0.4, 0.5) is 4.39 Å². The molecule has 2 aromatic carbocycles. The topological polar surface area (TPSA) is 88.3 Å². The maximum Gasteiger partial charge on any atom is 0.329 e. The third-order valence-corrected chi connectivity index (χ3v) is 4.84. The highest BCUT2D eigenvalue weighted by Crippen LogP contribution is 2.22. The van der Waals surface area contributed by atoms with Crippen LogP contribution in [0.25, 0.3) is 10.9 Å². The van der Waals surface area contributed by atoms with Crippen molar-refractivity contribution in [2.24, 2.45) is 5.92 Å². The van der Waals surface area contributed by atoms with Crippen molar-refractivity contribution < 1.29 is 23.5 Å². The molecular weight excluding hydrogens is 387 g/mol. The molecule has 0 bridgehead atoms. The molecule has 1 heterocycles. The Labute approximate surface area is 173 Å². The molecule has 0 radical (unpaired) electrons. The number of H-pyrrole nitrogens is 1. The number of benzene rings is 2. The molecule has 3 rings (SSSR count). The third kappa shape index (κ3) is 4.40. The number of aromatic nitrogens is 1. The van der Waals surface area contributed by atoms with E-state index in [-0.39, 0.29) is 17.3 Å². The summed E-state index contributed by atoms with van der Waals surface area (Å²) in [6, 6.07) is 11.8. The Bertz CT molecular complexity index is 1100. The molecule has 7 heteroatoms. The van der Waals surface area contributed by atoms with Gasteiger partial charge in [0.2, 0.25) is 5.78 Å². The molecular formula is C23H23FN2O4. The van der Waals surface area contributed by atoms with Crippen LogP contribution in [0.5, 0.6) is 0 Å². The average molecular weight is 410 g/mol. The summed E-state index contributed by atoms with van der Waals surface area (Å²) >= 11 is 0. The average Bonchev–Trinajstić information content (AvgIpc) is 3.05. The van der Waals surface area contributed by atoms with E-state index in [4.69, 9.17) is 4.74 Å². The predicted octanol–water partition coefficient (Wildman–Crippen LogP) is 3.80. The number of ketones is 1. The number of para-hydroxylation sites is 1. The van der Waals surface area contributed by atoms with E-state index in [1.807, 2.05) is 24.3 Å². The number of hydrogen-bond donors (Lipinski definition) is 2. The number of nitrogens with one attached hydrogen (secondary N) is 2. The van der Waals surface area contributed by atoms with E-state index < -0.39 is 30.3 Å². The van der Waals surface area contributed by atoms with Crippen LogP contribution in [0.2, 0.25) is 0 Å². The summed E-state index contributed by atoms with van der Waals surface area (Å²) in [5, 5.41) is 3.26. The fraction of sp³-hybridized carbons (Fsp3) is 0.261. The predicted molar refractivity (Wildman–Crippen MR) is 111 cm³/mol. The first-order chi connectivity index (χ1) is 14.3. The van der Waals surface area contributed by atoms with E-state index in [0.29, 0.717) is 11.3 Å². The summed E-state index contributed by atoms with van der Waals surface area (Å²) in [5.41, 5.74) is 1.81. The monoisotopic (exact) mass is 410 g/mol. The lowest BCUT2D eigenvalue weighted by Crippen LogP contribution is -2.46. The van der Waals surface area contributed by atoms with Crippen LogP contribution in [0.3, 0.4) is 0 Å². The second-order valence-corrected chi connectivity index (χ2v) is 7.38. The number of amides is 1. The van der Waals surface area contributed by atoms with Crippen molar-refractivity contribution in [3.8, 4) is 0 Å². The summed E-state index contributed by atoms with van der Waals surface area (Å²) in [4.78, 5) is 40.8. The Morgan fingerprint density at radius 2 is 1.73 bits per heavy atom. The molecule has 3 aromatic rings. The molecule has 2 N–H and O–H groups in total. The highest BCUT2D eigenvalue weighted by Gasteiger charge is 2.28. The van der Waals surface area contributed by atoms with E-state index in [2.05, 4.69) is 10.3 Å². The van der Waals surface area contributed by atoms with Gasteiger partial charge in [0.15, 0.2) is 6.61 Å². The standard InChI is InChI=1S/C23H23FN2O4/c1-13(2)21(26-22(28)15-8-4-6-10-17(15)24)23(29)30-12-19(27)20-14(3)25-18-11-7-5-9-16(18)20/h4-11,13,21,25H,12H2,1-3H3,(H,26,28). The maximum absolute atomic E-state index is 13.8. The van der Waals surface area contributed by atoms with Crippen LogP contribution in [0, 0.1) is 18.7 Å². The number of carbonyl (C=O) groups excluding carboxylic acids is 3. The van der Waals surface area contributed by atoms with Gasteiger partial charge in [-0.1, -0.05) is 44.2 Å². The maximum atomic E-state index is 13.8. The van der Waals surface area contributed by atoms with Crippen LogP contribution < -0.4 is 5.32 Å².